The maximum Gasteiger partial charge on any atom is 0.136 e. The monoisotopic (exact) mass is 221 g/mol. The lowest BCUT2D eigenvalue weighted by molar-refractivity contribution is 0.0340. The van der Waals surface area contributed by atoms with Crippen LogP contribution >= 0.6 is 0 Å². The fourth-order valence-electron chi connectivity index (χ4n) is 1.52. The molecule has 1 unspecified atom stereocenters. The van der Waals surface area contributed by atoms with Crippen molar-refractivity contribution in [3.05, 3.63) is 48.3 Å². The molecule has 2 N–H and O–H groups in total. The molecule has 4 heteroatoms. The highest BCUT2D eigenvalue weighted by atomic mass is 16.4. The van der Waals surface area contributed by atoms with E-state index in [0.717, 1.165) is 5.56 Å². The van der Waals surface area contributed by atoms with Gasteiger partial charge in [0.2, 0.25) is 0 Å². The van der Waals surface area contributed by atoms with E-state index in [0.29, 0.717) is 18.8 Å². The zero-order valence-corrected chi connectivity index (χ0v) is 9.14. The third kappa shape index (κ3) is 2.53. The fraction of sp³-hybridized carbons (Fsp3) is 0.333. The number of hydrogen-bond acceptors (Lipinski definition) is 4. The first-order chi connectivity index (χ1) is 7.68. The van der Waals surface area contributed by atoms with E-state index in [1.54, 1.807) is 37.8 Å². The Labute approximate surface area is 93.9 Å². The second kappa shape index (κ2) is 4.55. The zero-order valence-electron chi connectivity index (χ0n) is 9.14. The quantitative estimate of drug-likeness (QED) is 0.809. The van der Waals surface area contributed by atoms with E-state index >= 15 is 0 Å². The van der Waals surface area contributed by atoms with Crippen LogP contribution in [0.3, 0.4) is 0 Å². The van der Waals surface area contributed by atoms with Crippen LogP contribution in [0, 0.1) is 0 Å². The molecule has 0 aromatic carbocycles. The van der Waals surface area contributed by atoms with Crippen molar-refractivity contribution in [1.82, 2.24) is 5.32 Å². The minimum atomic E-state index is -0.993. The van der Waals surface area contributed by atoms with Crippen LogP contribution in [0.4, 0.5) is 0 Å². The van der Waals surface area contributed by atoms with Crippen LogP contribution in [0.2, 0.25) is 0 Å². The highest BCUT2D eigenvalue weighted by molar-refractivity contribution is 5.09. The fourth-order valence-corrected chi connectivity index (χ4v) is 1.52. The molecule has 2 heterocycles. The SMILES string of the molecule is CC(O)(CNCc1ccoc1)c1ccco1. The minimum absolute atomic E-state index is 0.422. The van der Waals surface area contributed by atoms with Gasteiger partial charge in [0.25, 0.3) is 0 Å². The second-order valence-electron chi connectivity index (χ2n) is 3.99. The van der Waals surface area contributed by atoms with E-state index in [1.807, 2.05) is 6.07 Å². The van der Waals surface area contributed by atoms with Crippen molar-refractivity contribution in [2.45, 2.75) is 19.1 Å². The summed E-state index contributed by atoms with van der Waals surface area (Å²) in [4.78, 5) is 0. The lowest BCUT2D eigenvalue weighted by Gasteiger charge is -2.20. The van der Waals surface area contributed by atoms with Gasteiger partial charge in [-0.1, -0.05) is 0 Å². The Balaban J connectivity index is 1.85. The van der Waals surface area contributed by atoms with Gasteiger partial charge in [0.15, 0.2) is 0 Å². The normalized spacial score (nSPS) is 14.9. The Kier molecular flexibility index (Phi) is 3.12. The van der Waals surface area contributed by atoms with E-state index in [-0.39, 0.29) is 0 Å². The molecule has 2 rings (SSSR count). The Morgan fingerprint density at radius 1 is 1.38 bits per heavy atom. The number of aliphatic hydroxyl groups is 1. The first-order valence-electron chi connectivity index (χ1n) is 5.17. The average Bonchev–Trinajstić information content (AvgIpc) is 2.90. The van der Waals surface area contributed by atoms with E-state index < -0.39 is 5.60 Å². The molecule has 86 valence electrons. The van der Waals surface area contributed by atoms with Crippen molar-refractivity contribution >= 4 is 0 Å². The second-order valence-corrected chi connectivity index (χ2v) is 3.99. The van der Waals surface area contributed by atoms with Crippen LogP contribution in [-0.2, 0) is 12.1 Å². The molecule has 0 saturated carbocycles. The Hall–Kier alpha value is -1.52. The maximum atomic E-state index is 10.1. The van der Waals surface area contributed by atoms with Crippen LogP contribution in [0.5, 0.6) is 0 Å². The predicted octanol–water partition coefficient (Wildman–Crippen LogP) is 1.87. The molecule has 0 bridgehead atoms. The Morgan fingerprint density at radius 3 is 2.88 bits per heavy atom. The van der Waals surface area contributed by atoms with Gasteiger partial charge in [-0.15, -0.1) is 0 Å². The number of furan rings is 2. The molecule has 4 nitrogen and oxygen atoms in total. The molecule has 16 heavy (non-hydrogen) atoms. The van der Waals surface area contributed by atoms with Crippen molar-refractivity contribution in [2.24, 2.45) is 0 Å². The summed E-state index contributed by atoms with van der Waals surface area (Å²) in [5.74, 6) is 0.562. The summed E-state index contributed by atoms with van der Waals surface area (Å²) in [6, 6.07) is 5.41. The lowest BCUT2D eigenvalue weighted by atomic mass is 10.0. The van der Waals surface area contributed by atoms with Gasteiger partial charge in [-0.2, -0.15) is 0 Å². The molecule has 0 saturated heterocycles. The molecular weight excluding hydrogens is 206 g/mol. The van der Waals surface area contributed by atoms with E-state index in [9.17, 15) is 5.11 Å². The van der Waals surface area contributed by atoms with Gasteiger partial charge in [-0.3, -0.25) is 0 Å². The summed E-state index contributed by atoms with van der Waals surface area (Å²) in [6.07, 6.45) is 4.86. The van der Waals surface area contributed by atoms with Crippen LogP contribution < -0.4 is 5.32 Å². The molecule has 0 spiro atoms. The molecule has 2 aromatic rings. The van der Waals surface area contributed by atoms with Crippen LogP contribution in [0.1, 0.15) is 18.2 Å². The van der Waals surface area contributed by atoms with Gasteiger partial charge >= 0.3 is 0 Å². The predicted molar refractivity (Wildman–Crippen MR) is 58.7 cm³/mol. The van der Waals surface area contributed by atoms with Gasteiger partial charge in [-0.25, -0.2) is 0 Å². The van der Waals surface area contributed by atoms with E-state index in [1.165, 1.54) is 0 Å². The van der Waals surface area contributed by atoms with Gasteiger partial charge in [0.05, 0.1) is 18.8 Å². The zero-order chi connectivity index (χ0) is 11.4. The molecule has 1 atom stereocenters. The van der Waals surface area contributed by atoms with Crippen LogP contribution in [0.25, 0.3) is 0 Å². The summed E-state index contributed by atoms with van der Waals surface area (Å²) in [6.45, 7) is 2.80. The highest BCUT2D eigenvalue weighted by Gasteiger charge is 2.25. The molecule has 0 aliphatic heterocycles. The summed E-state index contributed by atoms with van der Waals surface area (Å²) < 4.78 is 10.1. The Morgan fingerprint density at radius 2 is 2.25 bits per heavy atom. The molecular formula is C12H15NO3. The Bertz CT molecular complexity index is 403. The number of rotatable bonds is 5. The number of nitrogens with one attached hydrogen (secondary N) is 1. The maximum absolute atomic E-state index is 10.1. The van der Waals surface area contributed by atoms with E-state index in [2.05, 4.69) is 5.32 Å². The van der Waals surface area contributed by atoms with Crippen LogP contribution in [0.15, 0.2) is 45.8 Å². The summed E-state index contributed by atoms with van der Waals surface area (Å²) >= 11 is 0. The van der Waals surface area contributed by atoms with Gasteiger partial charge < -0.3 is 19.3 Å². The van der Waals surface area contributed by atoms with Crippen molar-refractivity contribution in [3.63, 3.8) is 0 Å². The smallest absolute Gasteiger partial charge is 0.136 e. The lowest BCUT2D eigenvalue weighted by Crippen LogP contribution is -2.34. The average molecular weight is 221 g/mol. The number of hydrogen-bond donors (Lipinski definition) is 2. The molecule has 0 radical (unpaired) electrons. The summed E-state index contributed by atoms with van der Waals surface area (Å²) in [5, 5.41) is 13.3. The summed E-state index contributed by atoms with van der Waals surface area (Å²) in [5.41, 5.74) is 0.0583. The first kappa shape index (κ1) is 11.0. The topological polar surface area (TPSA) is 58.5 Å². The van der Waals surface area contributed by atoms with Crippen molar-refractivity contribution < 1.29 is 13.9 Å². The van der Waals surface area contributed by atoms with Crippen molar-refractivity contribution in [2.75, 3.05) is 6.54 Å². The highest BCUT2D eigenvalue weighted by Crippen LogP contribution is 2.19. The third-order valence-electron chi connectivity index (χ3n) is 2.43. The molecule has 0 aliphatic rings. The first-order valence-corrected chi connectivity index (χ1v) is 5.17. The summed E-state index contributed by atoms with van der Waals surface area (Å²) in [7, 11) is 0. The minimum Gasteiger partial charge on any atom is -0.472 e. The molecule has 2 aromatic heterocycles. The molecule has 0 fully saturated rings. The molecule has 0 aliphatic carbocycles. The van der Waals surface area contributed by atoms with Crippen molar-refractivity contribution in [3.8, 4) is 0 Å². The largest absolute Gasteiger partial charge is 0.472 e. The third-order valence-corrected chi connectivity index (χ3v) is 2.43. The van der Waals surface area contributed by atoms with Gasteiger partial charge in [0, 0.05) is 18.7 Å². The van der Waals surface area contributed by atoms with E-state index in [4.69, 9.17) is 8.83 Å². The van der Waals surface area contributed by atoms with Crippen LogP contribution in [-0.4, -0.2) is 11.7 Å². The van der Waals surface area contributed by atoms with Crippen molar-refractivity contribution in [1.29, 1.82) is 0 Å². The van der Waals surface area contributed by atoms with Gasteiger partial charge in [-0.05, 0) is 25.1 Å². The molecule has 0 amide bonds. The van der Waals surface area contributed by atoms with Gasteiger partial charge in [0.1, 0.15) is 11.4 Å². The standard InChI is InChI=1S/C12H15NO3/c1-12(14,11-3-2-5-16-11)9-13-7-10-4-6-15-8-10/h2-6,8,13-14H,7,9H2,1H3.